The van der Waals surface area contributed by atoms with Crippen molar-refractivity contribution in [3.8, 4) is 45.6 Å². The van der Waals surface area contributed by atoms with Gasteiger partial charge in [0.05, 0.1) is 5.41 Å². The summed E-state index contributed by atoms with van der Waals surface area (Å²) in [6.45, 7) is 5.67. The van der Waals surface area contributed by atoms with Crippen LogP contribution < -0.4 is 4.74 Å². The molecule has 0 aromatic heterocycles. The van der Waals surface area contributed by atoms with Crippen LogP contribution in [0.25, 0.3) is 11.1 Å². The molecule has 47 heavy (non-hydrogen) atoms. The highest BCUT2D eigenvalue weighted by Crippen LogP contribution is 2.62. The minimum Gasteiger partial charge on any atom is -0.508 e. The summed E-state index contributed by atoms with van der Waals surface area (Å²) in [6.07, 6.45) is 0. The topological polar surface area (TPSA) is 99.4 Å². The zero-order chi connectivity index (χ0) is 33.2. The number of rotatable bonds is 2. The first-order chi connectivity index (χ1) is 22.9. The maximum atomic E-state index is 10.1. The first kappa shape index (κ1) is 32.7. The predicted octanol–water partition coefficient (Wildman–Crippen LogP) is 9.39. The largest absolute Gasteiger partial charge is 0.508 e. The van der Waals surface area contributed by atoms with Crippen LogP contribution in [0.4, 0.5) is 0 Å². The highest BCUT2D eigenvalue weighted by atomic mass is 16.5. The van der Waals surface area contributed by atoms with Crippen LogP contribution >= 0.6 is 0 Å². The van der Waals surface area contributed by atoms with Crippen molar-refractivity contribution in [2.75, 3.05) is 13.2 Å². The van der Waals surface area contributed by atoms with Gasteiger partial charge < -0.3 is 29.9 Å². The van der Waals surface area contributed by atoms with Crippen molar-refractivity contribution in [3.05, 3.63) is 168 Å². The molecule has 8 rings (SSSR count). The number of phenols is 4. The molecular formula is C41H38O6. The van der Waals surface area contributed by atoms with Crippen LogP contribution in [-0.2, 0) is 10.2 Å². The van der Waals surface area contributed by atoms with Gasteiger partial charge in [0.1, 0.15) is 34.5 Å². The molecule has 4 N–H and O–H groups in total. The predicted molar refractivity (Wildman–Crippen MR) is 186 cm³/mol. The smallest absolute Gasteiger partial charge is 0.135 e. The Morgan fingerprint density at radius 2 is 0.830 bits per heavy atom. The number of phenolic OH excluding ortho intramolecular Hbond substituents is 4. The lowest BCUT2D eigenvalue weighted by Crippen LogP contribution is -2.32. The summed E-state index contributed by atoms with van der Waals surface area (Å²) in [6, 6.07) is 44.9. The maximum absolute atomic E-state index is 10.1. The molecule has 6 aromatic rings. The van der Waals surface area contributed by atoms with Gasteiger partial charge in [0.25, 0.3) is 0 Å². The molecule has 1 aliphatic carbocycles. The maximum Gasteiger partial charge on any atom is 0.135 e. The van der Waals surface area contributed by atoms with Crippen LogP contribution in [-0.4, -0.2) is 33.6 Å². The second-order valence-electron chi connectivity index (χ2n) is 10.8. The molecule has 6 aromatic carbocycles. The van der Waals surface area contributed by atoms with Crippen molar-refractivity contribution < 1.29 is 29.9 Å². The molecule has 1 heterocycles. The molecule has 0 saturated heterocycles. The Bertz CT molecular complexity index is 1760. The summed E-state index contributed by atoms with van der Waals surface area (Å²) in [5.41, 5.74) is 6.16. The van der Waals surface area contributed by atoms with E-state index in [4.69, 9.17) is 19.7 Å². The molecule has 2 aliphatic rings. The van der Waals surface area contributed by atoms with E-state index in [0.29, 0.717) is 23.0 Å². The van der Waals surface area contributed by atoms with Gasteiger partial charge in [-0.1, -0.05) is 97.1 Å². The van der Waals surface area contributed by atoms with Crippen molar-refractivity contribution in [2.24, 2.45) is 0 Å². The average Bonchev–Trinajstić information content (AvgIpc) is 3.37. The minimum absolute atomic E-state index is 0.150. The fraction of sp³-hybridized carbons (Fsp3) is 0.122. The standard InChI is InChI=1S/C25H16O3.2C6H6O.C4H10O/c26-15-9-11-21-23(13-15)28-24-14-16(27)10-12-22(24)25(21)19-7-3-1-5-17(19)18-6-2-4-8-20(18)25;2*7-6-4-2-1-3-5-6;1-3-5-4-2/h1-14,26-27H;2*1-5,7H;3-4H2,1-2H3. The van der Waals surface area contributed by atoms with E-state index in [-0.39, 0.29) is 11.5 Å². The Kier molecular flexibility index (Phi) is 10.5. The number of para-hydroxylation sites is 2. The van der Waals surface area contributed by atoms with Crippen LogP contribution in [0.15, 0.2) is 146 Å². The van der Waals surface area contributed by atoms with Crippen LogP contribution in [0.2, 0.25) is 0 Å². The van der Waals surface area contributed by atoms with Crippen LogP contribution in [0.3, 0.4) is 0 Å². The Labute approximate surface area is 275 Å². The molecule has 0 radical (unpaired) electrons. The third-order valence-corrected chi connectivity index (χ3v) is 7.83. The van der Waals surface area contributed by atoms with Gasteiger partial charge in [0.2, 0.25) is 0 Å². The number of aromatic hydroxyl groups is 4. The zero-order valence-electron chi connectivity index (χ0n) is 26.4. The number of hydrogen-bond donors (Lipinski definition) is 4. The third kappa shape index (κ3) is 6.93. The number of ether oxygens (including phenoxy) is 2. The average molecular weight is 627 g/mol. The highest BCUT2D eigenvalue weighted by Gasteiger charge is 2.51. The SMILES string of the molecule is CCOCC.Oc1ccc2c(c1)Oc1cc(O)ccc1C21c2ccccc2-c2ccccc21.Oc1ccccc1.Oc1ccccc1. The van der Waals surface area contributed by atoms with Crippen LogP contribution in [0, 0.1) is 0 Å². The second kappa shape index (κ2) is 15.0. The highest BCUT2D eigenvalue weighted by molar-refractivity contribution is 5.88. The molecule has 6 heteroatoms. The van der Waals surface area contributed by atoms with E-state index in [1.165, 1.54) is 22.3 Å². The van der Waals surface area contributed by atoms with E-state index in [1.54, 1.807) is 72.8 Å². The van der Waals surface area contributed by atoms with Crippen molar-refractivity contribution in [3.63, 3.8) is 0 Å². The summed E-state index contributed by atoms with van der Waals surface area (Å²) >= 11 is 0. The fourth-order valence-corrected chi connectivity index (χ4v) is 5.95. The van der Waals surface area contributed by atoms with E-state index >= 15 is 0 Å². The van der Waals surface area contributed by atoms with Crippen LogP contribution in [0.1, 0.15) is 36.1 Å². The summed E-state index contributed by atoms with van der Waals surface area (Å²) in [5, 5.41) is 37.4. The summed E-state index contributed by atoms with van der Waals surface area (Å²) in [7, 11) is 0. The van der Waals surface area contributed by atoms with Gasteiger partial charge in [-0.15, -0.1) is 0 Å². The number of benzene rings is 6. The lowest BCUT2D eigenvalue weighted by molar-refractivity contribution is 0.162. The van der Waals surface area contributed by atoms with Crippen molar-refractivity contribution in [2.45, 2.75) is 19.3 Å². The summed E-state index contributed by atoms with van der Waals surface area (Å²) in [5.74, 6) is 2.15. The van der Waals surface area contributed by atoms with E-state index in [1.807, 2.05) is 38.1 Å². The van der Waals surface area contributed by atoms with Gasteiger partial charge in [-0.05, 0) is 72.5 Å². The van der Waals surface area contributed by atoms with Gasteiger partial charge >= 0.3 is 0 Å². The van der Waals surface area contributed by atoms with Crippen LogP contribution in [0.5, 0.6) is 34.5 Å². The lowest BCUT2D eigenvalue weighted by Gasteiger charge is -2.39. The summed E-state index contributed by atoms with van der Waals surface area (Å²) in [4.78, 5) is 0. The van der Waals surface area contributed by atoms with E-state index < -0.39 is 5.41 Å². The molecule has 1 spiro atoms. The van der Waals surface area contributed by atoms with Crippen molar-refractivity contribution >= 4 is 0 Å². The third-order valence-electron chi connectivity index (χ3n) is 7.83. The molecule has 0 amide bonds. The zero-order valence-corrected chi connectivity index (χ0v) is 26.4. The second-order valence-corrected chi connectivity index (χ2v) is 10.8. The fourth-order valence-electron chi connectivity index (χ4n) is 5.95. The molecule has 0 saturated carbocycles. The Balaban J connectivity index is 0.000000185. The van der Waals surface area contributed by atoms with Gasteiger partial charge in [0.15, 0.2) is 0 Å². The molecular weight excluding hydrogens is 588 g/mol. The minimum atomic E-state index is -0.558. The van der Waals surface area contributed by atoms with Crippen molar-refractivity contribution in [1.29, 1.82) is 0 Å². The van der Waals surface area contributed by atoms with E-state index in [0.717, 1.165) is 24.3 Å². The van der Waals surface area contributed by atoms with Crippen molar-refractivity contribution in [1.82, 2.24) is 0 Å². The first-order valence-electron chi connectivity index (χ1n) is 15.5. The van der Waals surface area contributed by atoms with Gasteiger partial charge in [-0.3, -0.25) is 0 Å². The van der Waals surface area contributed by atoms with Gasteiger partial charge in [0, 0.05) is 36.5 Å². The number of hydrogen-bond acceptors (Lipinski definition) is 6. The number of fused-ring (bicyclic) bond motifs is 9. The lowest BCUT2D eigenvalue weighted by atomic mass is 9.66. The monoisotopic (exact) mass is 626 g/mol. The molecule has 0 bridgehead atoms. The Morgan fingerprint density at radius 1 is 0.447 bits per heavy atom. The van der Waals surface area contributed by atoms with Gasteiger partial charge in [-0.2, -0.15) is 0 Å². The Morgan fingerprint density at radius 3 is 1.17 bits per heavy atom. The summed E-state index contributed by atoms with van der Waals surface area (Å²) < 4.78 is 11.0. The quantitative estimate of drug-likeness (QED) is 0.153. The van der Waals surface area contributed by atoms with E-state index in [9.17, 15) is 10.2 Å². The van der Waals surface area contributed by atoms with Gasteiger partial charge in [-0.25, -0.2) is 0 Å². The molecule has 0 atom stereocenters. The first-order valence-corrected chi connectivity index (χ1v) is 15.5. The Hall–Kier alpha value is -5.72. The normalized spacial score (nSPS) is 12.1. The molecule has 0 fully saturated rings. The molecule has 6 nitrogen and oxygen atoms in total. The molecule has 238 valence electrons. The van der Waals surface area contributed by atoms with E-state index in [2.05, 4.69) is 48.5 Å². The molecule has 0 unspecified atom stereocenters. The molecule has 1 aliphatic heterocycles.